The molecule has 1 aliphatic heterocycles. The van der Waals surface area contributed by atoms with Crippen LogP contribution < -0.4 is 5.32 Å². The smallest absolute Gasteiger partial charge is 0.225 e. The summed E-state index contributed by atoms with van der Waals surface area (Å²) in [5.74, 6) is 0.882. The summed E-state index contributed by atoms with van der Waals surface area (Å²) in [6, 6.07) is 0.578. The van der Waals surface area contributed by atoms with Crippen molar-refractivity contribution < 1.29 is 9.53 Å². The summed E-state index contributed by atoms with van der Waals surface area (Å²) in [7, 11) is 1.75. The Balaban J connectivity index is 1.88. The van der Waals surface area contributed by atoms with Gasteiger partial charge in [-0.1, -0.05) is 20.3 Å². The van der Waals surface area contributed by atoms with Crippen LogP contribution in [-0.4, -0.2) is 49.2 Å². The zero-order valence-electron chi connectivity index (χ0n) is 13.3. The number of nitrogens with zero attached hydrogens (tertiary/aromatic N) is 1. The van der Waals surface area contributed by atoms with Gasteiger partial charge in [-0.2, -0.15) is 0 Å². The average molecular weight is 282 g/mol. The fourth-order valence-electron chi connectivity index (χ4n) is 3.61. The molecule has 1 amide bonds. The van der Waals surface area contributed by atoms with Crippen LogP contribution in [-0.2, 0) is 9.53 Å². The molecular formula is C16H30N2O2. The van der Waals surface area contributed by atoms with Crippen LogP contribution in [0.5, 0.6) is 0 Å². The number of nitrogens with one attached hydrogen (secondary N) is 1. The van der Waals surface area contributed by atoms with Gasteiger partial charge in [0.2, 0.25) is 5.91 Å². The monoisotopic (exact) mass is 282 g/mol. The maximum Gasteiger partial charge on any atom is 0.225 e. The number of hydrogen-bond acceptors (Lipinski definition) is 3. The molecule has 0 aromatic carbocycles. The predicted molar refractivity (Wildman–Crippen MR) is 80.7 cm³/mol. The Morgan fingerprint density at radius 1 is 1.40 bits per heavy atom. The normalized spacial score (nSPS) is 29.1. The highest BCUT2D eigenvalue weighted by molar-refractivity contribution is 5.77. The number of ether oxygens (including phenoxy) is 1. The second-order valence-corrected chi connectivity index (χ2v) is 6.38. The van der Waals surface area contributed by atoms with Gasteiger partial charge in [0, 0.05) is 26.2 Å². The summed E-state index contributed by atoms with van der Waals surface area (Å²) < 4.78 is 5.59. The molecule has 2 rings (SSSR count). The van der Waals surface area contributed by atoms with Crippen molar-refractivity contribution in [2.24, 2.45) is 5.92 Å². The molecule has 2 aliphatic rings. The van der Waals surface area contributed by atoms with Crippen molar-refractivity contribution in [3.63, 3.8) is 0 Å². The van der Waals surface area contributed by atoms with Crippen LogP contribution in [0.2, 0.25) is 0 Å². The quantitative estimate of drug-likeness (QED) is 0.812. The molecule has 116 valence electrons. The standard InChI is InChI=1S/C16H30N2O2/c1-4-13-12-18(10-7-14(13)17-5-2)15(19)11-16(20-3)8-6-9-16/h13-14,17H,4-12H2,1-3H3. The third-order valence-electron chi connectivity index (χ3n) is 5.25. The molecule has 0 bridgehead atoms. The van der Waals surface area contributed by atoms with Gasteiger partial charge in [0.15, 0.2) is 0 Å². The molecular weight excluding hydrogens is 252 g/mol. The summed E-state index contributed by atoms with van der Waals surface area (Å²) in [5.41, 5.74) is -0.142. The van der Waals surface area contributed by atoms with Crippen molar-refractivity contribution in [1.82, 2.24) is 10.2 Å². The van der Waals surface area contributed by atoms with Gasteiger partial charge in [0.05, 0.1) is 12.0 Å². The molecule has 0 aromatic rings. The van der Waals surface area contributed by atoms with E-state index in [2.05, 4.69) is 24.1 Å². The maximum atomic E-state index is 12.5. The van der Waals surface area contributed by atoms with Crippen LogP contribution in [0.3, 0.4) is 0 Å². The van der Waals surface area contributed by atoms with Crippen molar-refractivity contribution in [3.05, 3.63) is 0 Å². The van der Waals surface area contributed by atoms with E-state index in [9.17, 15) is 4.79 Å². The molecule has 1 heterocycles. The van der Waals surface area contributed by atoms with Crippen LogP contribution in [0.25, 0.3) is 0 Å². The third kappa shape index (κ3) is 3.34. The molecule has 4 heteroatoms. The zero-order chi connectivity index (χ0) is 14.6. The first kappa shape index (κ1) is 15.8. The van der Waals surface area contributed by atoms with Crippen molar-refractivity contribution >= 4 is 5.91 Å². The summed E-state index contributed by atoms with van der Waals surface area (Å²) in [6.45, 7) is 7.20. The van der Waals surface area contributed by atoms with Gasteiger partial charge in [-0.05, 0) is 38.1 Å². The second kappa shape index (κ2) is 6.90. The fourth-order valence-corrected chi connectivity index (χ4v) is 3.61. The highest BCUT2D eigenvalue weighted by Gasteiger charge is 2.41. The highest BCUT2D eigenvalue weighted by Crippen LogP contribution is 2.38. The van der Waals surface area contributed by atoms with Gasteiger partial charge < -0.3 is 15.0 Å². The third-order valence-corrected chi connectivity index (χ3v) is 5.25. The van der Waals surface area contributed by atoms with Crippen molar-refractivity contribution in [1.29, 1.82) is 0 Å². The first-order valence-electron chi connectivity index (χ1n) is 8.20. The van der Waals surface area contributed by atoms with E-state index in [-0.39, 0.29) is 5.60 Å². The maximum absolute atomic E-state index is 12.5. The van der Waals surface area contributed by atoms with Crippen molar-refractivity contribution in [3.8, 4) is 0 Å². The number of rotatable bonds is 6. The number of carbonyl (C=O) groups excluding carboxylic acids is 1. The van der Waals surface area contributed by atoms with Gasteiger partial charge in [-0.25, -0.2) is 0 Å². The van der Waals surface area contributed by atoms with Gasteiger partial charge >= 0.3 is 0 Å². The number of piperidine rings is 1. The van der Waals surface area contributed by atoms with E-state index >= 15 is 0 Å². The summed E-state index contributed by atoms with van der Waals surface area (Å²) >= 11 is 0. The lowest BCUT2D eigenvalue weighted by Crippen LogP contribution is -2.53. The average Bonchev–Trinajstić information content (AvgIpc) is 2.43. The molecule has 0 radical (unpaired) electrons. The van der Waals surface area contributed by atoms with Gasteiger partial charge in [-0.3, -0.25) is 4.79 Å². The van der Waals surface area contributed by atoms with Crippen molar-refractivity contribution in [2.45, 2.75) is 64.0 Å². The molecule has 0 aromatic heterocycles. The Bertz CT molecular complexity index is 323. The van der Waals surface area contributed by atoms with Crippen LogP contribution >= 0.6 is 0 Å². The molecule has 1 aliphatic carbocycles. The SMILES string of the molecule is CCNC1CCN(C(=O)CC2(OC)CCC2)CC1CC. The Labute approximate surface area is 123 Å². The van der Waals surface area contributed by atoms with Gasteiger partial charge in [0.1, 0.15) is 0 Å². The van der Waals surface area contributed by atoms with Gasteiger partial charge in [0.25, 0.3) is 0 Å². The molecule has 1 N–H and O–H groups in total. The molecule has 1 saturated heterocycles. The number of hydrogen-bond donors (Lipinski definition) is 1. The van der Waals surface area contributed by atoms with Crippen LogP contribution in [0.15, 0.2) is 0 Å². The molecule has 0 spiro atoms. The molecule has 4 nitrogen and oxygen atoms in total. The predicted octanol–water partition coefficient (Wildman–Crippen LogP) is 2.18. The minimum Gasteiger partial charge on any atom is -0.378 e. The topological polar surface area (TPSA) is 41.6 Å². The van der Waals surface area contributed by atoms with E-state index in [0.29, 0.717) is 24.3 Å². The minimum atomic E-state index is -0.142. The van der Waals surface area contributed by atoms with Crippen LogP contribution in [0.4, 0.5) is 0 Å². The van der Waals surface area contributed by atoms with E-state index in [0.717, 1.165) is 45.3 Å². The molecule has 2 unspecified atom stereocenters. The number of methoxy groups -OCH3 is 1. The van der Waals surface area contributed by atoms with Crippen LogP contribution in [0, 0.1) is 5.92 Å². The number of likely N-dealkylation sites (tertiary alicyclic amines) is 1. The minimum absolute atomic E-state index is 0.142. The summed E-state index contributed by atoms with van der Waals surface area (Å²) in [5, 5.41) is 3.56. The van der Waals surface area contributed by atoms with Crippen LogP contribution in [0.1, 0.15) is 52.4 Å². The van der Waals surface area contributed by atoms with Crippen molar-refractivity contribution in [2.75, 3.05) is 26.7 Å². The Kier molecular flexibility index (Phi) is 5.44. The van der Waals surface area contributed by atoms with E-state index in [1.54, 1.807) is 7.11 Å². The lowest BCUT2D eigenvalue weighted by atomic mass is 9.77. The van der Waals surface area contributed by atoms with E-state index < -0.39 is 0 Å². The Morgan fingerprint density at radius 3 is 2.65 bits per heavy atom. The molecule has 2 atom stereocenters. The van der Waals surface area contributed by atoms with E-state index in [4.69, 9.17) is 4.74 Å². The molecule has 1 saturated carbocycles. The number of amides is 1. The highest BCUT2D eigenvalue weighted by atomic mass is 16.5. The second-order valence-electron chi connectivity index (χ2n) is 6.38. The van der Waals surface area contributed by atoms with E-state index in [1.807, 2.05) is 0 Å². The fraction of sp³-hybridized carbons (Fsp3) is 0.938. The summed E-state index contributed by atoms with van der Waals surface area (Å²) in [6.07, 6.45) is 6.07. The zero-order valence-corrected chi connectivity index (χ0v) is 13.3. The first-order chi connectivity index (χ1) is 9.64. The Morgan fingerprint density at radius 2 is 2.15 bits per heavy atom. The largest absolute Gasteiger partial charge is 0.378 e. The lowest BCUT2D eigenvalue weighted by Gasteiger charge is -2.43. The van der Waals surface area contributed by atoms with E-state index in [1.165, 1.54) is 6.42 Å². The summed E-state index contributed by atoms with van der Waals surface area (Å²) in [4.78, 5) is 14.6. The Hall–Kier alpha value is -0.610. The molecule has 20 heavy (non-hydrogen) atoms. The number of carbonyl (C=O) groups is 1. The van der Waals surface area contributed by atoms with Gasteiger partial charge in [-0.15, -0.1) is 0 Å². The first-order valence-corrected chi connectivity index (χ1v) is 8.20. The molecule has 2 fully saturated rings. The lowest BCUT2D eigenvalue weighted by molar-refractivity contribution is -0.146.